The van der Waals surface area contributed by atoms with Gasteiger partial charge in [-0.2, -0.15) is 11.8 Å². The molecule has 2 heteroatoms. The third-order valence-electron chi connectivity index (χ3n) is 1.46. The van der Waals surface area contributed by atoms with Crippen molar-refractivity contribution in [2.45, 2.75) is 25.9 Å². The van der Waals surface area contributed by atoms with Gasteiger partial charge in [0.1, 0.15) is 0 Å². The molecule has 0 radical (unpaired) electrons. The van der Waals surface area contributed by atoms with Crippen molar-refractivity contribution in [1.82, 2.24) is 0 Å². The lowest BCUT2D eigenvalue weighted by atomic mass is 10.1. The first-order valence-electron chi connectivity index (χ1n) is 3.16. The Morgan fingerprint density at radius 3 is 2.33 bits per heavy atom. The molecule has 0 aliphatic rings. The van der Waals surface area contributed by atoms with Crippen molar-refractivity contribution in [1.29, 1.82) is 0 Å². The normalized spacial score (nSPS) is 12.0. The Kier molecular flexibility index (Phi) is 4.32. The maximum atomic E-state index is 5.23. The van der Waals surface area contributed by atoms with E-state index in [1.165, 1.54) is 5.75 Å². The van der Waals surface area contributed by atoms with E-state index >= 15 is 0 Å². The van der Waals surface area contributed by atoms with Crippen molar-refractivity contribution < 1.29 is 4.74 Å². The maximum Gasteiger partial charge on any atom is 0.0630 e. The van der Waals surface area contributed by atoms with Crippen LogP contribution in [0.5, 0.6) is 0 Å². The van der Waals surface area contributed by atoms with Gasteiger partial charge in [-0.3, -0.25) is 0 Å². The third kappa shape index (κ3) is 4.79. The predicted molar refractivity (Wildman–Crippen MR) is 44.1 cm³/mol. The van der Waals surface area contributed by atoms with Crippen LogP contribution in [0.2, 0.25) is 0 Å². The summed E-state index contributed by atoms with van der Waals surface area (Å²) in [4.78, 5) is 0. The molecular formula is C7H16OS. The summed E-state index contributed by atoms with van der Waals surface area (Å²) in [6.45, 7) is 4.23. The molecular weight excluding hydrogens is 132 g/mol. The minimum atomic E-state index is 0.0724. The number of hydrogen-bond acceptors (Lipinski definition) is 2. The topological polar surface area (TPSA) is 9.23 Å². The highest BCUT2D eigenvalue weighted by molar-refractivity contribution is 7.98. The third-order valence-corrected chi connectivity index (χ3v) is 2.07. The minimum Gasteiger partial charge on any atom is -0.379 e. The molecule has 0 bridgehead atoms. The van der Waals surface area contributed by atoms with E-state index in [-0.39, 0.29) is 5.60 Å². The Morgan fingerprint density at radius 1 is 1.44 bits per heavy atom. The summed E-state index contributed by atoms with van der Waals surface area (Å²) in [6, 6.07) is 0. The fourth-order valence-corrected chi connectivity index (χ4v) is 1.15. The minimum absolute atomic E-state index is 0.0724. The molecule has 0 spiro atoms. The number of thioether (sulfide) groups is 1. The van der Waals surface area contributed by atoms with E-state index in [1.807, 2.05) is 11.8 Å². The summed E-state index contributed by atoms with van der Waals surface area (Å²) < 4.78 is 5.23. The van der Waals surface area contributed by atoms with E-state index < -0.39 is 0 Å². The highest BCUT2D eigenvalue weighted by Gasteiger charge is 2.14. The van der Waals surface area contributed by atoms with Crippen molar-refractivity contribution in [2.75, 3.05) is 19.1 Å². The summed E-state index contributed by atoms with van der Waals surface area (Å²) in [6.07, 6.45) is 3.25. The van der Waals surface area contributed by atoms with Gasteiger partial charge in [0.05, 0.1) is 5.60 Å². The predicted octanol–water partition coefficient (Wildman–Crippen LogP) is 2.16. The van der Waals surface area contributed by atoms with Crippen molar-refractivity contribution in [3.63, 3.8) is 0 Å². The second kappa shape index (κ2) is 4.18. The van der Waals surface area contributed by atoms with Gasteiger partial charge in [-0.1, -0.05) is 0 Å². The van der Waals surface area contributed by atoms with E-state index in [0.717, 1.165) is 6.42 Å². The van der Waals surface area contributed by atoms with Crippen LogP contribution in [0.3, 0.4) is 0 Å². The van der Waals surface area contributed by atoms with Crippen LogP contribution in [-0.4, -0.2) is 24.7 Å². The lowest BCUT2D eigenvalue weighted by Gasteiger charge is -2.21. The number of ether oxygens (including phenoxy) is 1. The van der Waals surface area contributed by atoms with E-state index in [1.54, 1.807) is 7.11 Å². The summed E-state index contributed by atoms with van der Waals surface area (Å²) >= 11 is 1.86. The number of hydrogen-bond donors (Lipinski definition) is 0. The average Bonchev–Trinajstić information content (AvgIpc) is 1.84. The first kappa shape index (κ1) is 9.31. The zero-order valence-corrected chi connectivity index (χ0v) is 7.55. The second-order valence-corrected chi connectivity index (χ2v) is 3.69. The summed E-state index contributed by atoms with van der Waals surface area (Å²) in [5.74, 6) is 1.18. The molecule has 0 amide bonds. The monoisotopic (exact) mass is 148 g/mol. The molecule has 0 rings (SSSR count). The van der Waals surface area contributed by atoms with Gasteiger partial charge in [0, 0.05) is 7.11 Å². The Hall–Kier alpha value is 0.310. The molecule has 9 heavy (non-hydrogen) atoms. The van der Waals surface area contributed by atoms with Crippen LogP contribution in [-0.2, 0) is 4.74 Å². The molecule has 0 aromatic rings. The molecule has 0 aliphatic carbocycles. The Morgan fingerprint density at radius 2 is 2.00 bits per heavy atom. The quantitative estimate of drug-likeness (QED) is 0.604. The van der Waals surface area contributed by atoms with Gasteiger partial charge in [-0.15, -0.1) is 0 Å². The summed E-state index contributed by atoms with van der Waals surface area (Å²) in [5.41, 5.74) is 0.0724. The van der Waals surface area contributed by atoms with Crippen LogP contribution in [0.4, 0.5) is 0 Å². The standard InChI is InChI=1S/C7H16OS/c1-7(2,8-3)5-6-9-4/h5-6H2,1-4H3. The molecule has 0 aromatic heterocycles. The molecule has 0 aliphatic heterocycles. The maximum absolute atomic E-state index is 5.23. The SMILES string of the molecule is COC(C)(C)CCSC. The molecule has 0 N–H and O–H groups in total. The van der Waals surface area contributed by atoms with Crippen LogP contribution in [0.1, 0.15) is 20.3 Å². The Bertz CT molecular complexity index is 71.3. The zero-order valence-electron chi connectivity index (χ0n) is 6.73. The van der Waals surface area contributed by atoms with Gasteiger partial charge >= 0.3 is 0 Å². The fraction of sp³-hybridized carbons (Fsp3) is 1.00. The van der Waals surface area contributed by atoms with Gasteiger partial charge < -0.3 is 4.74 Å². The van der Waals surface area contributed by atoms with E-state index in [4.69, 9.17) is 4.74 Å². The van der Waals surface area contributed by atoms with Crippen molar-refractivity contribution in [3.8, 4) is 0 Å². The van der Waals surface area contributed by atoms with E-state index in [2.05, 4.69) is 20.1 Å². The Labute approximate surface area is 62.2 Å². The van der Waals surface area contributed by atoms with Crippen LogP contribution in [0.25, 0.3) is 0 Å². The van der Waals surface area contributed by atoms with Crippen LogP contribution in [0, 0.1) is 0 Å². The largest absolute Gasteiger partial charge is 0.379 e. The number of methoxy groups -OCH3 is 1. The van der Waals surface area contributed by atoms with Gasteiger partial charge in [-0.25, -0.2) is 0 Å². The van der Waals surface area contributed by atoms with Crippen LogP contribution < -0.4 is 0 Å². The fourth-order valence-electron chi connectivity index (χ4n) is 0.450. The molecule has 0 unspecified atom stereocenters. The molecule has 0 atom stereocenters. The highest BCUT2D eigenvalue weighted by atomic mass is 32.2. The average molecular weight is 148 g/mol. The summed E-state index contributed by atoms with van der Waals surface area (Å²) in [5, 5.41) is 0. The molecule has 1 nitrogen and oxygen atoms in total. The lowest BCUT2D eigenvalue weighted by molar-refractivity contribution is 0.0207. The van der Waals surface area contributed by atoms with Gasteiger partial charge in [0.25, 0.3) is 0 Å². The van der Waals surface area contributed by atoms with Gasteiger partial charge in [-0.05, 0) is 32.3 Å². The van der Waals surface area contributed by atoms with Gasteiger partial charge in [0.2, 0.25) is 0 Å². The van der Waals surface area contributed by atoms with Crippen molar-refractivity contribution in [2.24, 2.45) is 0 Å². The Balaban J connectivity index is 3.33. The lowest BCUT2D eigenvalue weighted by Crippen LogP contribution is -2.22. The zero-order chi connectivity index (χ0) is 7.33. The van der Waals surface area contributed by atoms with Crippen molar-refractivity contribution >= 4 is 11.8 Å². The molecule has 0 heterocycles. The van der Waals surface area contributed by atoms with E-state index in [0.29, 0.717) is 0 Å². The number of rotatable bonds is 4. The van der Waals surface area contributed by atoms with Crippen LogP contribution in [0.15, 0.2) is 0 Å². The van der Waals surface area contributed by atoms with Gasteiger partial charge in [0.15, 0.2) is 0 Å². The molecule has 0 saturated heterocycles. The molecule has 0 fully saturated rings. The first-order valence-corrected chi connectivity index (χ1v) is 4.56. The molecule has 0 saturated carbocycles. The summed E-state index contributed by atoms with van der Waals surface area (Å²) in [7, 11) is 1.76. The molecule has 56 valence electrons. The highest BCUT2D eigenvalue weighted by Crippen LogP contribution is 2.14. The smallest absolute Gasteiger partial charge is 0.0630 e. The van der Waals surface area contributed by atoms with E-state index in [9.17, 15) is 0 Å². The second-order valence-electron chi connectivity index (χ2n) is 2.71. The van der Waals surface area contributed by atoms with Crippen molar-refractivity contribution in [3.05, 3.63) is 0 Å². The van der Waals surface area contributed by atoms with Crippen LogP contribution >= 0.6 is 11.8 Å². The first-order chi connectivity index (χ1) is 4.12. The molecule has 0 aromatic carbocycles.